The van der Waals surface area contributed by atoms with E-state index >= 15 is 0 Å². The average Bonchev–Trinajstić information content (AvgIpc) is 2.42. The Morgan fingerprint density at radius 2 is 1.95 bits per heavy atom. The summed E-state index contributed by atoms with van der Waals surface area (Å²) in [6, 6.07) is 9.09. The third-order valence-corrected chi connectivity index (χ3v) is 2.31. The van der Waals surface area contributed by atoms with Crippen LogP contribution in [0.4, 0.5) is 4.79 Å². The molecule has 1 rings (SSSR count). The van der Waals surface area contributed by atoms with Gasteiger partial charge in [0, 0.05) is 6.54 Å². The summed E-state index contributed by atoms with van der Waals surface area (Å²) in [4.78, 5) is 23.5. The van der Waals surface area contributed by atoms with Gasteiger partial charge in [0.05, 0.1) is 0 Å². The summed E-state index contributed by atoms with van der Waals surface area (Å²) in [6.45, 7) is 6.88. The third kappa shape index (κ3) is 4.31. The Balaban J connectivity index is 2.65. The highest BCUT2D eigenvalue weighted by Crippen LogP contribution is 2.08. The number of nitrogens with zero attached hydrogens (tertiary/aromatic N) is 1. The molecule has 1 N–H and O–H groups in total. The van der Waals surface area contributed by atoms with Crippen molar-refractivity contribution in [2.45, 2.75) is 6.61 Å². The molecule has 0 aliphatic heterocycles. The van der Waals surface area contributed by atoms with Crippen LogP contribution in [0.5, 0.6) is 0 Å². The number of ether oxygens (including phenoxy) is 1. The molecule has 5 heteroatoms. The molecule has 0 bridgehead atoms. The molecule has 0 aliphatic rings. The molecule has 19 heavy (non-hydrogen) atoms. The van der Waals surface area contributed by atoms with Gasteiger partial charge in [-0.05, 0) is 5.56 Å². The van der Waals surface area contributed by atoms with E-state index in [0.29, 0.717) is 0 Å². The second kappa shape index (κ2) is 7.00. The predicted molar refractivity (Wildman–Crippen MR) is 70.3 cm³/mol. The molecule has 0 saturated carbocycles. The van der Waals surface area contributed by atoms with Crippen LogP contribution in [0.3, 0.4) is 0 Å². The molecule has 0 fully saturated rings. The minimum atomic E-state index is -1.28. The van der Waals surface area contributed by atoms with Gasteiger partial charge in [0.2, 0.25) is 0 Å². The number of hydrogen-bond donors (Lipinski definition) is 1. The smallest absolute Gasteiger partial charge is 0.415 e. The summed E-state index contributed by atoms with van der Waals surface area (Å²) in [5.41, 5.74) is 0.466. The predicted octanol–water partition coefficient (Wildman–Crippen LogP) is 2.41. The van der Waals surface area contributed by atoms with Crippen molar-refractivity contribution in [1.29, 1.82) is 0 Å². The molecule has 5 nitrogen and oxygen atoms in total. The molecular weight excluding hydrogens is 246 g/mol. The topological polar surface area (TPSA) is 66.8 Å². The summed E-state index contributed by atoms with van der Waals surface area (Å²) in [7, 11) is 0. The summed E-state index contributed by atoms with van der Waals surface area (Å²) >= 11 is 0. The monoisotopic (exact) mass is 261 g/mol. The Labute approximate surface area is 111 Å². The van der Waals surface area contributed by atoms with Crippen LogP contribution in [0.1, 0.15) is 5.56 Å². The molecule has 0 spiro atoms. The fourth-order valence-electron chi connectivity index (χ4n) is 1.34. The Hall–Kier alpha value is -2.56. The van der Waals surface area contributed by atoms with Gasteiger partial charge in [-0.2, -0.15) is 0 Å². The highest BCUT2D eigenvalue weighted by atomic mass is 16.6. The summed E-state index contributed by atoms with van der Waals surface area (Å²) < 4.78 is 5.03. The van der Waals surface area contributed by atoms with E-state index in [1.807, 2.05) is 18.2 Å². The number of rotatable bonds is 6. The van der Waals surface area contributed by atoms with Gasteiger partial charge in [-0.25, -0.2) is 9.59 Å². The second-order valence-corrected chi connectivity index (χ2v) is 3.69. The number of hydrogen-bond acceptors (Lipinski definition) is 3. The second-order valence-electron chi connectivity index (χ2n) is 3.69. The molecule has 1 aromatic rings. The van der Waals surface area contributed by atoms with Crippen LogP contribution in [-0.4, -0.2) is 28.6 Å². The number of carboxylic acid groups (broad SMARTS) is 1. The van der Waals surface area contributed by atoms with Crippen LogP contribution >= 0.6 is 0 Å². The van der Waals surface area contributed by atoms with Gasteiger partial charge in [-0.15, -0.1) is 6.58 Å². The van der Waals surface area contributed by atoms with Gasteiger partial charge in [-0.1, -0.05) is 43.0 Å². The molecule has 0 radical (unpaired) electrons. The molecule has 0 aliphatic carbocycles. The van der Waals surface area contributed by atoms with Gasteiger partial charge in [0.1, 0.15) is 12.3 Å². The number of carbonyl (C=O) groups excluding carboxylic acids is 1. The summed E-state index contributed by atoms with van der Waals surface area (Å²) in [6.07, 6.45) is 0.633. The Bertz CT molecular complexity index is 481. The first-order chi connectivity index (χ1) is 9.06. The van der Waals surface area contributed by atoms with Crippen LogP contribution < -0.4 is 0 Å². The first-order valence-corrected chi connectivity index (χ1v) is 5.57. The maximum atomic E-state index is 11.8. The van der Waals surface area contributed by atoms with E-state index < -0.39 is 12.1 Å². The molecule has 1 amide bonds. The molecule has 0 heterocycles. The largest absolute Gasteiger partial charge is 0.477 e. The lowest BCUT2D eigenvalue weighted by molar-refractivity contribution is -0.134. The fourth-order valence-corrected chi connectivity index (χ4v) is 1.34. The molecule has 100 valence electrons. The summed E-state index contributed by atoms with van der Waals surface area (Å²) in [5.74, 6) is -1.28. The lowest BCUT2D eigenvalue weighted by Gasteiger charge is -2.20. The van der Waals surface area contributed by atoms with Crippen molar-refractivity contribution in [3.63, 3.8) is 0 Å². The number of carbonyl (C=O) groups is 2. The standard InChI is InChI=1S/C14H15NO4/c1-3-9-15(11(2)13(16)17)14(18)19-10-12-7-5-4-6-8-12/h3-8H,1-2,9-10H2,(H,16,17). The Morgan fingerprint density at radius 1 is 1.32 bits per heavy atom. The summed E-state index contributed by atoms with van der Waals surface area (Å²) in [5, 5.41) is 8.83. The SMILES string of the molecule is C=CCN(C(=C)C(=O)O)C(=O)OCc1ccccc1. The zero-order valence-corrected chi connectivity index (χ0v) is 10.4. The fraction of sp³-hybridized carbons (Fsp3) is 0.143. The molecule has 1 aromatic carbocycles. The third-order valence-electron chi connectivity index (χ3n) is 2.31. The van der Waals surface area contributed by atoms with Gasteiger partial charge in [0.25, 0.3) is 0 Å². The van der Waals surface area contributed by atoms with Gasteiger partial charge >= 0.3 is 12.1 Å². The Morgan fingerprint density at radius 3 is 2.47 bits per heavy atom. The number of amides is 1. The quantitative estimate of drug-likeness (QED) is 0.630. The van der Waals surface area contributed by atoms with E-state index in [1.165, 1.54) is 6.08 Å². The van der Waals surface area contributed by atoms with E-state index in [2.05, 4.69) is 13.2 Å². The van der Waals surface area contributed by atoms with Gasteiger partial charge in [-0.3, -0.25) is 4.90 Å². The van der Waals surface area contributed by atoms with Gasteiger partial charge < -0.3 is 9.84 Å². The molecule has 0 aromatic heterocycles. The molecular formula is C14H15NO4. The van der Waals surface area contributed by atoms with E-state index in [0.717, 1.165) is 10.5 Å². The zero-order chi connectivity index (χ0) is 14.3. The van der Waals surface area contributed by atoms with Crippen LogP contribution in [0.25, 0.3) is 0 Å². The van der Waals surface area contributed by atoms with E-state index in [1.54, 1.807) is 12.1 Å². The van der Waals surface area contributed by atoms with Crippen molar-refractivity contribution in [3.05, 3.63) is 60.8 Å². The van der Waals surface area contributed by atoms with Crippen molar-refractivity contribution in [2.75, 3.05) is 6.54 Å². The van der Waals surface area contributed by atoms with Gasteiger partial charge in [0.15, 0.2) is 0 Å². The van der Waals surface area contributed by atoms with Crippen molar-refractivity contribution < 1.29 is 19.4 Å². The first-order valence-electron chi connectivity index (χ1n) is 5.57. The minimum Gasteiger partial charge on any atom is -0.477 e. The zero-order valence-electron chi connectivity index (χ0n) is 10.4. The average molecular weight is 261 g/mol. The van der Waals surface area contributed by atoms with E-state index in [9.17, 15) is 9.59 Å². The van der Waals surface area contributed by atoms with E-state index in [4.69, 9.17) is 9.84 Å². The lowest BCUT2D eigenvalue weighted by Crippen LogP contribution is -2.33. The number of aliphatic carboxylic acids is 1. The maximum absolute atomic E-state index is 11.8. The minimum absolute atomic E-state index is 0.0265. The first kappa shape index (κ1) is 14.5. The molecule has 0 saturated heterocycles. The highest BCUT2D eigenvalue weighted by molar-refractivity contribution is 5.90. The van der Waals surface area contributed by atoms with Crippen molar-refractivity contribution in [3.8, 4) is 0 Å². The van der Waals surface area contributed by atoms with Crippen molar-refractivity contribution >= 4 is 12.1 Å². The van der Waals surface area contributed by atoms with Crippen molar-refractivity contribution in [2.24, 2.45) is 0 Å². The van der Waals surface area contributed by atoms with Crippen LogP contribution in [0.2, 0.25) is 0 Å². The van der Waals surface area contributed by atoms with Crippen molar-refractivity contribution in [1.82, 2.24) is 4.90 Å². The maximum Gasteiger partial charge on any atom is 0.415 e. The van der Waals surface area contributed by atoms with Crippen LogP contribution in [0.15, 0.2) is 55.3 Å². The lowest BCUT2D eigenvalue weighted by atomic mass is 10.2. The number of benzene rings is 1. The Kier molecular flexibility index (Phi) is 5.35. The van der Waals surface area contributed by atoms with Crippen LogP contribution in [-0.2, 0) is 16.1 Å². The van der Waals surface area contributed by atoms with Crippen LogP contribution in [0, 0.1) is 0 Å². The van der Waals surface area contributed by atoms with E-state index in [-0.39, 0.29) is 18.8 Å². The highest BCUT2D eigenvalue weighted by Gasteiger charge is 2.21. The normalized spacial score (nSPS) is 9.47. The molecule has 0 unspecified atom stereocenters. The number of carboxylic acids is 1. The molecule has 0 atom stereocenters.